The standard InChI is InChI=1S/C36H61N5O6Si3/c1-34(2,3)48(10,11)44-21-26-29(46-49(12,13)35(4,5)6)30(47-50(14,15)36(7,8)9)33(45-26)41-24-39-28-31(37-23-38-32(28)41)40-27(42)22-43-25-19-17-16-18-20-25/h16-20,23-24,26,29-30,33H,21-22H2,1-15H3,(H,37,38,40,42)/t26-,29-,30-,33-/m1/s1. The molecular formula is C36H61N5O6Si3. The first kappa shape index (κ1) is 40.3. The summed E-state index contributed by atoms with van der Waals surface area (Å²) in [6.45, 7) is 34.0. The van der Waals surface area contributed by atoms with E-state index >= 15 is 0 Å². The van der Waals surface area contributed by atoms with Gasteiger partial charge in [-0.2, -0.15) is 0 Å². The van der Waals surface area contributed by atoms with Crippen LogP contribution in [0.3, 0.4) is 0 Å². The van der Waals surface area contributed by atoms with Gasteiger partial charge in [-0.15, -0.1) is 0 Å². The number of hydrogen-bond donors (Lipinski definition) is 1. The first-order valence-corrected chi connectivity index (χ1v) is 26.4. The zero-order valence-electron chi connectivity index (χ0n) is 33.0. The summed E-state index contributed by atoms with van der Waals surface area (Å²) in [5.41, 5.74) is 0.961. The lowest BCUT2D eigenvalue weighted by Crippen LogP contribution is -2.54. The Bertz CT molecular complexity index is 1610. The van der Waals surface area contributed by atoms with Crippen molar-refractivity contribution in [2.75, 3.05) is 18.5 Å². The summed E-state index contributed by atoms with van der Waals surface area (Å²) in [4.78, 5) is 26.6. The summed E-state index contributed by atoms with van der Waals surface area (Å²) in [7, 11) is -6.80. The quantitative estimate of drug-likeness (QED) is 0.182. The molecule has 1 fully saturated rings. The second-order valence-electron chi connectivity index (χ2n) is 18.0. The summed E-state index contributed by atoms with van der Waals surface area (Å²) < 4.78 is 36.0. The molecule has 1 N–H and O–H groups in total. The third-order valence-electron chi connectivity index (χ3n) is 11.2. The van der Waals surface area contributed by atoms with Crippen LogP contribution < -0.4 is 10.1 Å². The number of anilines is 1. The van der Waals surface area contributed by atoms with Crippen molar-refractivity contribution in [1.82, 2.24) is 19.5 Å². The lowest BCUT2D eigenvalue weighted by Gasteiger charge is -2.44. The second kappa shape index (κ2) is 14.5. The maximum Gasteiger partial charge on any atom is 0.263 e. The van der Waals surface area contributed by atoms with Gasteiger partial charge in [-0.25, -0.2) is 15.0 Å². The van der Waals surface area contributed by atoms with Gasteiger partial charge in [0.15, 0.2) is 54.8 Å². The van der Waals surface area contributed by atoms with Gasteiger partial charge in [-0.3, -0.25) is 9.36 Å². The van der Waals surface area contributed by atoms with Crippen LogP contribution in [0.4, 0.5) is 5.82 Å². The molecule has 0 spiro atoms. The fourth-order valence-corrected chi connectivity index (χ4v) is 8.46. The predicted molar refractivity (Wildman–Crippen MR) is 207 cm³/mol. The third-order valence-corrected chi connectivity index (χ3v) is 24.6. The molecule has 1 aliphatic rings. The zero-order chi connectivity index (χ0) is 37.5. The highest BCUT2D eigenvalue weighted by molar-refractivity contribution is 6.75. The smallest absolute Gasteiger partial charge is 0.263 e. The second-order valence-corrected chi connectivity index (χ2v) is 32.3. The van der Waals surface area contributed by atoms with Crippen molar-refractivity contribution in [3.63, 3.8) is 0 Å². The molecule has 14 heteroatoms. The fourth-order valence-electron chi connectivity index (χ4n) is 4.84. The topological polar surface area (TPSA) is 119 Å². The monoisotopic (exact) mass is 743 g/mol. The van der Waals surface area contributed by atoms with Gasteiger partial charge in [-0.05, 0) is 66.5 Å². The Kier molecular flexibility index (Phi) is 11.7. The number of nitrogens with zero attached hydrogens (tertiary/aromatic N) is 4. The molecule has 3 aromatic rings. The normalized spacial score (nSPS) is 21.1. The van der Waals surface area contributed by atoms with Crippen LogP contribution in [0, 0.1) is 0 Å². The highest BCUT2D eigenvalue weighted by atomic mass is 28.4. The number of ether oxygens (including phenoxy) is 2. The fraction of sp³-hybridized carbons (Fsp3) is 0.667. The first-order valence-electron chi connectivity index (χ1n) is 17.6. The number of nitrogens with one attached hydrogen (secondary N) is 1. The van der Waals surface area contributed by atoms with E-state index in [0.717, 1.165) is 0 Å². The summed E-state index contributed by atoms with van der Waals surface area (Å²) in [6.07, 6.45) is 1.25. The number of aromatic nitrogens is 4. The van der Waals surface area contributed by atoms with Crippen LogP contribution in [0.5, 0.6) is 5.75 Å². The summed E-state index contributed by atoms with van der Waals surface area (Å²) in [5.74, 6) is 0.542. The van der Waals surface area contributed by atoms with E-state index < -0.39 is 49.5 Å². The zero-order valence-corrected chi connectivity index (χ0v) is 36.0. The Morgan fingerprint density at radius 2 is 1.36 bits per heavy atom. The largest absolute Gasteiger partial charge is 0.484 e. The Morgan fingerprint density at radius 3 is 1.92 bits per heavy atom. The maximum atomic E-state index is 12.9. The molecule has 0 radical (unpaired) electrons. The van der Waals surface area contributed by atoms with Gasteiger partial charge < -0.3 is 28.1 Å². The van der Waals surface area contributed by atoms with Crippen molar-refractivity contribution in [2.45, 2.75) is 141 Å². The summed E-state index contributed by atoms with van der Waals surface area (Å²) in [5, 5.41) is 2.78. The molecule has 11 nitrogen and oxygen atoms in total. The minimum Gasteiger partial charge on any atom is -0.484 e. The minimum absolute atomic E-state index is 0.0300. The molecule has 50 heavy (non-hydrogen) atoms. The molecule has 2 aromatic heterocycles. The molecule has 1 amide bonds. The molecule has 0 unspecified atom stereocenters. The van der Waals surface area contributed by atoms with Crippen LogP contribution in [0.15, 0.2) is 43.0 Å². The van der Waals surface area contributed by atoms with Crippen molar-refractivity contribution in [3.05, 3.63) is 43.0 Å². The van der Waals surface area contributed by atoms with E-state index in [9.17, 15) is 4.79 Å². The number of rotatable bonds is 12. The van der Waals surface area contributed by atoms with E-state index in [1.807, 2.05) is 22.8 Å². The highest BCUT2D eigenvalue weighted by Gasteiger charge is 2.55. The average Bonchev–Trinajstić information content (AvgIpc) is 3.55. The minimum atomic E-state index is -2.36. The number of para-hydroxylation sites is 1. The number of benzene rings is 1. The highest BCUT2D eigenvalue weighted by Crippen LogP contribution is 2.47. The molecule has 1 saturated heterocycles. The van der Waals surface area contributed by atoms with Crippen LogP contribution in [-0.4, -0.2) is 81.9 Å². The van der Waals surface area contributed by atoms with Gasteiger partial charge in [0.05, 0.1) is 12.9 Å². The first-order chi connectivity index (χ1) is 22.8. The van der Waals surface area contributed by atoms with E-state index in [0.29, 0.717) is 29.3 Å². The lowest BCUT2D eigenvalue weighted by molar-refractivity contribution is -0.118. The molecule has 4 atom stereocenters. The molecular weight excluding hydrogens is 683 g/mol. The molecule has 0 saturated carbocycles. The van der Waals surface area contributed by atoms with E-state index in [1.165, 1.54) is 6.33 Å². The van der Waals surface area contributed by atoms with Crippen LogP contribution in [0.25, 0.3) is 11.2 Å². The summed E-state index contributed by atoms with van der Waals surface area (Å²) in [6, 6.07) is 9.20. The number of carbonyl (C=O) groups is 1. The third kappa shape index (κ3) is 8.93. The Hall–Kier alpha value is -2.47. The van der Waals surface area contributed by atoms with Crippen molar-refractivity contribution in [3.8, 4) is 5.75 Å². The molecule has 1 aromatic carbocycles. The van der Waals surface area contributed by atoms with Gasteiger partial charge in [0.1, 0.15) is 30.4 Å². The van der Waals surface area contributed by atoms with E-state index in [4.69, 9.17) is 27.7 Å². The Morgan fingerprint density at radius 1 is 0.800 bits per heavy atom. The maximum absolute atomic E-state index is 12.9. The van der Waals surface area contributed by atoms with Crippen molar-refractivity contribution in [2.24, 2.45) is 0 Å². The molecule has 0 bridgehead atoms. The Labute approximate surface area is 302 Å². The predicted octanol–water partition coefficient (Wildman–Crippen LogP) is 8.54. The number of fused-ring (bicyclic) bond motifs is 1. The molecule has 278 valence electrons. The number of hydrogen-bond acceptors (Lipinski definition) is 9. The number of amides is 1. The summed E-state index contributed by atoms with van der Waals surface area (Å²) >= 11 is 0. The van der Waals surface area contributed by atoms with E-state index in [2.05, 4.69) is 117 Å². The van der Waals surface area contributed by atoms with Crippen LogP contribution in [0.1, 0.15) is 68.5 Å². The van der Waals surface area contributed by atoms with Crippen LogP contribution in [0.2, 0.25) is 54.4 Å². The van der Waals surface area contributed by atoms with Crippen molar-refractivity contribution < 1.29 is 27.5 Å². The average molecular weight is 744 g/mol. The molecule has 3 heterocycles. The van der Waals surface area contributed by atoms with Crippen molar-refractivity contribution in [1.29, 1.82) is 0 Å². The van der Waals surface area contributed by atoms with Crippen LogP contribution >= 0.6 is 0 Å². The molecule has 1 aliphatic heterocycles. The van der Waals surface area contributed by atoms with Crippen LogP contribution in [-0.2, 0) is 22.8 Å². The van der Waals surface area contributed by atoms with Gasteiger partial charge in [-0.1, -0.05) is 80.5 Å². The van der Waals surface area contributed by atoms with Crippen molar-refractivity contribution >= 4 is 47.8 Å². The SMILES string of the molecule is CC(C)(C)[Si](C)(C)OC[C@H]1O[C@@H](n2cnc3c(NC(=O)COc4ccccc4)ncnc32)[C@H](O[Si](C)(C)C(C)(C)C)[C@@H]1O[Si](C)(C)C(C)(C)C. The number of carbonyl (C=O) groups excluding carboxylic acids is 1. The lowest BCUT2D eigenvalue weighted by atomic mass is 10.1. The van der Waals surface area contributed by atoms with E-state index in [-0.39, 0.29) is 27.6 Å². The van der Waals surface area contributed by atoms with Gasteiger partial charge >= 0.3 is 0 Å². The Balaban J connectivity index is 1.75. The number of imidazole rings is 1. The molecule has 4 rings (SSSR count). The van der Waals surface area contributed by atoms with Gasteiger partial charge in [0.25, 0.3) is 5.91 Å². The van der Waals surface area contributed by atoms with E-state index in [1.54, 1.807) is 18.5 Å². The molecule has 0 aliphatic carbocycles. The van der Waals surface area contributed by atoms with Gasteiger partial charge in [0, 0.05) is 0 Å². The van der Waals surface area contributed by atoms with Gasteiger partial charge in [0.2, 0.25) is 0 Å².